The molecule has 0 aliphatic carbocycles. The van der Waals surface area contributed by atoms with Gasteiger partial charge in [0.1, 0.15) is 0 Å². The number of hydrogen-bond acceptors (Lipinski definition) is 6. The molecule has 0 spiro atoms. The molecular formula is C16H20ClN3O6. The second-order valence-corrected chi connectivity index (χ2v) is 5.31. The summed E-state index contributed by atoms with van der Waals surface area (Å²) in [7, 11) is 0. The molecule has 0 aliphatic rings. The van der Waals surface area contributed by atoms with E-state index in [1.807, 2.05) is 6.92 Å². The fourth-order valence-electron chi connectivity index (χ4n) is 1.73. The summed E-state index contributed by atoms with van der Waals surface area (Å²) in [6.45, 7) is 3.72. The molecule has 26 heavy (non-hydrogen) atoms. The zero-order valence-electron chi connectivity index (χ0n) is 14.4. The SMILES string of the molecule is CCCNC(=O)C(=O)N/N=C\c1cc(Cl)c(OCC(=O)O)c(OCC)c1. The minimum atomic E-state index is -1.15. The molecule has 0 unspecified atom stereocenters. The molecule has 142 valence electrons. The monoisotopic (exact) mass is 385 g/mol. The van der Waals surface area contributed by atoms with E-state index in [1.54, 1.807) is 6.92 Å². The van der Waals surface area contributed by atoms with Gasteiger partial charge in [-0.1, -0.05) is 18.5 Å². The molecule has 0 fully saturated rings. The van der Waals surface area contributed by atoms with E-state index in [9.17, 15) is 14.4 Å². The third-order valence-corrected chi connectivity index (χ3v) is 3.07. The minimum absolute atomic E-state index is 0.0936. The zero-order valence-corrected chi connectivity index (χ0v) is 15.1. The number of amides is 2. The molecule has 0 aliphatic heterocycles. The van der Waals surface area contributed by atoms with Crippen LogP contribution < -0.4 is 20.2 Å². The Bertz CT molecular complexity index is 693. The van der Waals surface area contributed by atoms with E-state index in [0.29, 0.717) is 25.1 Å². The van der Waals surface area contributed by atoms with Crippen LogP contribution in [0.5, 0.6) is 11.5 Å². The first kappa shape index (κ1) is 21.2. The van der Waals surface area contributed by atoms with Crippen LogP contribution in [-0.2, 0) is 14.4 Å². The van der Waals surface area contributed by atoms with Gasteiger partial charge < -0.3 is 19.9 Å². The number of aliphatic carboxylic acids is 1. The number of nitrogens with one attached hydrogen (secondary N) is 2. The summed E-state index contributed by atoms with van der Waals surface area (Å²) < 4.78 is 10.5. The summed E-state index contributed by atoms with van der Waals surface area (Å²) in [5, 5.41) is 14.9. The van der Waals surface area contributed by atoms with E-state index in [4.69, 9.17) is 26.2 Å². The van der Waals surface area contributed by atoms with Gasteiger partial charge in [0.25, 0.3) is 0 Å². The van der Waals surface area contributed by atoms with Gasteiger partial charge in [-0.25, -0.2) is 10.2 Å². The average Bonchev–Trinajstić information content (AvgIpc) is 2.58. The number of nitrogens with zero attached hydrogens (tertiary/aromatic N) is 1. The van der Waals surface area contributed by atoms with Gasteiger partial charge in [-0.3, -0.25) is 9.59 Å². The summed E-state index contributed by atoms with van der Waals surface area (Å²) >= 11 is 6.09. The molecule has 1 rings (SSSR count). The van der Waals surface area contributed by atoms with Gasteiger partial charge in [0, 0.05) is 6.54 Å². The van der Waals surface area contributed by atoms with E-state index in [1.165, 1.54) is 18.3 Å². The lowest BCUT2D eigenvalue weighted by Gasteiger charge is -2.13. The molecule has 2 amide bonds. The first-order chi connectivity index (χ1) is 12.4. The Hall–Kier alpha value is -2.81. The Morgan fingerprint density at radius 2 is 1.96 bits per heavy atom. The smallest absolute Gasteiger partial charge is 0.341 e. The van der Waals surface area contributed by atoms with Gasteiger partial charge >= 0.3 is 17.8 Å². The van der Waals surface area contributed by atoms with Crippen LogP contribution in [-0.4, -0.2) is 48.9 Å². The lowest BCUT2D eigenvalue weighted by Crippen LogP contribution is -2.38. The maximum absolute atomic E-state index is 11.5. The highest BCUT2D eigenvalue weighted by Gasteiger charge is 2.14. The number of rotatable bonds is 9. The van der Waals surface area contributed by atoms with Crippen molar-refractivity contribution >= 4 is 35.6 Å². The van der Waals surface area contributed by atoms with Crippen LogP contribution in [0, 0.1) is 0 Å². The van der Waals surface area contributed by atoms with Crippen molar-refractivity contribution in [1.29, 1.82) is 0 Å². The van der Waals surface area contributed by atoms with E-state index in [-0.39, 0.29) is 16.5 Å². The van der Waals surface area contributed by atoms with Crippen molar-refractivity contribution in [3.63, 3.8) is 0 Å². The highest BCUT2D eigenvalue weighted by molar-refractivity contribution is 6.35. The van der Waals surface area contributed by atoms with Gasteiger partial charge in [-0.2, -0.15) is 5.10 Å². The Kier molecular flexibility index (Phi) is 8.93. The van der Waals surface area contributed by atoms with E-state index < -0.39 is 24.4 Å². The fourth-order valence-corrected chi connectivity index (χ4v) is 2.01. The number of halogens is 1. The van der Waals surface area contributed by atoms with Crippen LogP contribution in [0.3, 0.4) is 0 Å². The van der Waals surface area contributed by atoms with E-state index in [2.05, 4.69) is 15.8 Å². The maximum atomic E-state index is 11.5. The maximum Gasteiger partial charge on any atom is 0.341 e. The number of carboxylic acid groups (broad SMARTS) is 1. The molecule has 1 aromatic carbocycles. The second kappa shape index (κ2) is 10.9. The van der Waals surface area contributed by atoms with Crippen molar-refractivity contribution in [3.05, 3.63) is 22.7 Å². The molecule has 0 saturated carbocycles. The summed E-state index contributed by atoms with van der Waals surface area (Å²) in [5.41, 5.74) is 2.55. The Morgan fingerprint density at radius 1 is 1.23 bits per heavy atom. The predicted molar refractivity (Wildman–Crippen MR) is 94.8 cm³/mol. The Labute approximate surface area is 155 Å². The van der Waals surface area contributed by atoms with Crippen LogP contribution >= 0.6 is 11.6 Å². The number of carbonyl (C=O) groups is 3. The van der Waals surface area contributed by atoms with Crippen LogP contribution in [0.4, 0.5) is 0 Å². The number of ether oxygens (including phenoxy) is 2. The molecule has 0 atom stereocenters. The summed E-state index contributed by atoms with van der Waals surface area (Å²) in [6.07, 6.45) is 1.97. The topological polar surface area (TPSA) is 126 Å². The molecule has 0 saturated heterocycles. The zero-order chi connectivity index (χ0) is 19.5. The number of carbonyl (C=O) groups excluding carboxylic acids is 2. The third kappa shape index (κ3) is 6.98. The van der Waals surface area contributed by atoms with Crippen molar-refractivity contribution in [2.24, 2.45) is 5.10 Å². The fraction of sp³-hybridized carbons (Fsp3) is 0.375. The van der Waals surface area contributed by atoms with Crippen molar-refractivity contribution in [2.75, 3.05) is 19.8 Å². The molecule has 0 heterocycles. The van der Waals surface area contributed by atoms with E-state index >= 15 is 0 Å². The van der Waals surface area contributed by atoms with Crippen LogP contribution in [0.15, 0.2) is 17.2 Å². The summed E-state index contributed by atoms with van der Waals surface area (Å²) in [5.74, 6) is -2.51. The third-order valence-electron chi connectivity index (χ3n) is 2.79. The molecule has 0 bridgehead atoms. The van der Waals surface area contributed by atoms with Crippen molar-refractivity contribution in [2.45, 2.75) is 20.3 Å². The second-order valence-electron chi connectivity index (χ2n) is 4.90. The minimum Gasteiger partial charge on any atom is -0.490 e. The molecule has 1 aromatic rings. The first-order valence-corrected chi connectivity index (χ1v) is 8.19. The number of carboxylic acids is 1. The van der Waals surface area contributed by atoms with Crippen molar-refractivity contribution < 1.29 is 29.0 Å². The normalized spacial score (nSPS) is 10.4. The van der Waals surface area contributed by atoms with Gasteiger partial charge in [0.05, 0.1) is 17.8 Å². The summed E-state index contributed by atoms with van der Waals surface area (Å²) in [4.78, 5) is 33.6. The van der Waals surface area contributed by atoms with Crippen LogP contribution in [0.2, 0.25) is 5.02 Å². The number of hydrazone groups is 1. The Morgan fingerprint density at radius 3 is 2.58 bits per heavy atom. The van der Waals surface area contributed by atoms with Gasteiger partial charge in [0.2, 0.25) is 0 Å². The standard InChI is InChI=1S/C16H20ClN3O6/c1-3-5-18-15(23)16(24)20-19-8-10-6-11(17)14(26-9-13(21)22)12(7-10)25-4-2/h6-8H,3-5,9H2,1-2H3,(H,18,23)(H,20,24)(H,21,22)/b19-8-. The predicted octanol–water partition coefficient (Wildman–Crippen LogP) is 1.18. The lowest BCUT2D eigenvalue weighted by molar-refractivity contribution is -0.139. The van der Waals surface area contributed by atoms with Crippen molar-refractivity contribution in [1.82, 2.24) is 10.7 Å². The molecular weight excluding hydrogens is 366 g/mol. The lowest BCUT2D eigenvalue weighted by atomic mass is 10.2. The molecule has 9 nitrogen and oxygen atoms in total. The Balaban J connectivity index is 2.84. The molecule has 0 aromatic heterocycles. The van der Waals surface area contributed by atoms with Crippen molar-refractivity contribution in [3.8, 4) is 11.5 Å². The highest BCUT2D eigenvalue weighted by atomic mass is 35.5. The van der Waals surface area contributed by atoms with E-state index in [0.717, 1.165) is 0 Å². The molecule has 3 N–H and O–H groups in total. The quantitative estimate of drug-likeness (QED) is 0.333. The molecule has 10 heteroatoms. The van der Waals surface area contributed by atoms with Gasteiger partial charge in [0.15, 0.2) is 18.1 Å². The number of hydrogen-bond donors (Lipinski definition) is 3. The average molecular weight is 386 g/mol. The van der Waals surface area contributed by atoms with Crippen LogP contribution in [0.25, 0.3) is 0 Å². The van der Waals surface area contributed by atoms with Crippen LogP contribution in [0.1, 0.15) is 25.8 Å². The molecule has 0 radical (unpaired) electrons. The highest BCUT2D eigenvalue weighted by Crippen LogP contribution is 2.36. The van der Waals surface area contributed by atoms with Gasteiger partial charge in [-0.15, -0.1) is 0 Å². The first-order valence-electron chi connectivity index (χ1n) is 7.81. The largest absolute Gasteiger partial charge is 0.490 e. The summed E-state index contributed by atoms with van der Waals surface area (Å²) in [6, 6.07) is 2.97. The van der Waals surface area contributed by atoms with Gasteiger partial charge in [-0.05, 0) is 31.0 Å². The number of benzene rings is 1.